The van der Waals surface area contributed by atoms with E-state index in [9.17, 15) is 4.79 Å². The third-order valence-electron chi connectivity index (χ3n) is 2.06. The van der Waals surface area contributed by atoms with E-state index in [-0.39, 0.29) is 0 Å². The monoisotopic (exact) mass is 222 g/mol. The van der Waals surface area contributed by atoms with Gasteiger partial charge in [-0.1, -0.05) is 29.4 Å². The number of hydrogen-bond acceptors (Lipinski definition) is 4. The van der Waals surface area contributed by atoms with Gasteiger partial charge in [-0.25, -0.2) is 0 Å². The number of hydrogen-bond donors (Lipinski definition) is 2. The van der Waals surface area contributed by atoms with Gasteiger partial charge >= 0.3 is 5.97 Å². The van der Waals surface area contributed by atoms with Crippen molar-refractivity contribution in [3.05, 3.63) is 35.4 Å². The summed E-state index contributed by atoms with van der Waals surface area (Å²) in [7, 11) is 1.47. The van der Waals surface area contributed by atoms with Crippen molar-refractivity contribution in [1.82, 2.24) is 0 Å². The van der Waals surface area contributed by atoms with E-state index in [4.69, 9.17) is 10.8 Å². The summed E-state index contributed by atoms with van der Waals surface area (Å²) in [5.74, 6) is -0.995. The molecule has 0 aromatic heterocycles. The Bertz CT molecular complexity index is 373. The van der Waals surface area contributed by atoms with Gasteiger partial charge in [-0.05, 0) is 17.5 Å². The van der Waals surface area contributed by atoms with Crippen LogP contribution in [0.3, 0.4) is 0 Å². The van der Waals surface area contributed by atoms with Gasteiger partial charge in [-0.3, -0.25) is 4.79 Å². The van der Waals surface area contributed by atoms with Crippen LogP contribution in [0.4, 0.5) is 0 Å². The first-order valence-corrected chi connectivity index (χ1v) is 4.77. The van der Waals surface area contributed by atoms with E-state index in [0.29, 0.717) is 6.42 Å². The van der Waals surface area contributed by atoms with Crippen molar-refractivity contribution in [3.8, 4) is 0 Å². The van der Waals surface area contributed by atoms with E-state index < -0.39 is 12.0 Å². The van der Waals surface area contributed by atoms with Crippen LogP contribution in [0.25, 0.3) is 0 Å². The summed E-state index contributed by atoms with van der Waals surface area (Å²) in [6, 6.07) is 6.43. The molecule has 1 atom stereocenters. The van der Waals surface area contributed by atoms with E-state index in [1.807, 2.05) is 24.3 Å². The van der Waals surface area contributed by atoms with Gasteiger partial charge in [-0.2, -0.15) is 0 Å². The second kappa shape index (κ2) is 5.87. The molecule has 0 amide bonds. The molecule has 1 unspecified atom stereocenters. The number of carboxylic acids is 1. The summed E-state index contributed by atoms with van der Waals surface area (Å²) in [5.41, 5.74) is 7.18. The topological polar surface area (TPSA) is 84.9 Å². The van der Waals surface area contributed by atoms with Crippen LogP contribution >= 0.6 is 0 Å². The summed E-state index contributed by atoms with van der Waals surface area (Å²) >= 11 is 0. The van der Waals surface area contributed by atoms with Crippen molar-refractivity contribution in [3.63, 3.8) is 0 Å². The molecule has 3 N–H and O–H groups in total. The Balaban J connectivity index is 2.64. The number of nitrogens with two attached hydrogens (primary N) is 1. The minimum absolute atomic E-state index is 0.317. The molecule has 0 spiro atoms. The molecule has 0 aliphatic heterocycles. The van der Waals surface area contributed by atoms with Gasteiger partial charge in [0.1, 0.15) is 13.2 Å². The van der Waals surface area contributed by atoms with Crippen molar-refractivity contribution in [2.75, 3.05) is 7.11 Å². The van der Waals surface area contributed by atoms with Gasteiger partial charge in [0.25, 0.3) is 0 Å². The van der Waals surface area contributed by atoms with E-state index in [1.165, 1.54) is 7.11 Å². The van der Waals surface area contributed by atoms with E-state index in [1.54, 1.807) is 6.21 Å². The molecule has 1 rings (SSSR count). The molecule has 0 aliphatic rings. The number of rotatable bonds is 5. The van der Waals surface area contributed by atoms with Gasteiger partial charge in [0.2, 0.25) is 0 Å². The Kier molecular flexibility index (Phi) is 4.47. The highest BCUT2D eigenvalue weighted by Gasteiger charge is 2.11. The largest absolute Gasteiger partial charge is 0.480 e. The quantitative estimate of drug-likeness (QED) is 0.565. The van der Waals surface area contributed by atoms with Crippen LogP contribution in [0.1, 0.15) is 11.1 Å². The molecular formula is C11H14N2O3. The maximum absolute atomic E-state index is 10.5. The zero-order valence-electron chi connectivity index (χ0n) is 8.96. The molecule has 0 fully saturated rings. The smallest absolute Gasteiger partial charge is 0.320 e. The highest BCUT2D eigenvalue weighted by Crippen LogP contribution is 2.05. The van der Waals surface area contributed by atoms with Crippen molar-refractivity contribution in [2.45, 2.75) is 12.5 Å². The van der Waals surface area contributed by atoms with Gasteiger partial charge < -0.3 is 15.7 Å². The Morgan fingerprint density at radius 1 is 1.56 bits per heavy atom. The maximum atomic E-state index is 10.5. The summed E-state index contributed by atoms with van der Waals surface area (Å²) in [5, 5.41) is 12.3. The minimum atomic E-state index is -0.995. The molecule has 0 saturated heterocycles. The first-order valence-electron chi connectivity index (χ1n) is 4.77. The number of aliphatic carboxylic acids is 1. The molecule has 0 bridgehead atoms. The van der Waals surface area contributed by atoms with Crippen LogP contribution in [0.15, 0.2) is 29.4 Å². The van der Waals surface area contributed by atoms with E-state index in [2.05, 4.69) is 9.99 Å². The molecule has 0 radical (unpaired) electrons. The first-order chi connectivity index (χ1) is 7.63. The standard InChI is InChI=1S/C11H14N2O3/c1-16-13-7-9-4-2-8(3-5-9)6-10(12)11(14)15/h2-5,7,10H,6,12H2,1H3,(H,14,15)/b13-7+. The van der Waals surface area contributed by atoms with Crippen LogP contribution in [-0.4, -0.2) is 30.4 Å². The Hall–Kier alpha value is -1.88. The predicted octanol–water partition coefficient (Wildman–Crippen LogP) is 0.621. The molecular weight excluding hydrogens is 208 g/mol. The third-order valence-corrected chi connectivity index (χ3v) is 2.06. The number of benzene rings is 1. The molecule has 0 saturated carbocycles. The summed E-state index contributed by atoms with van der Waals surface area (Å²) in [6.07, 6.45) is 1.89. The van der Waals surface area contributed by atoms with Gasteiger partial charge in [0, 0.05) is 0 Å². The molecule has 5 heteroatoms. The Morgan fingerprint density at radius 2 is 2.19 bits per heavy atom. The Labute approximate surface area is 93.5 Å². The summed E-state index contributed by atoms with van der Waals surface area (Å²) < 4.78 is 0. The second-order valence-electron chi connectivity index (χ2n) is 3.31. The lowest BCUT2D eigenvalue weighted by Gasteiger charge is -2.06. The van der Waals surface area contributed by atoms with Gasteiger partial charge in [0.05, 0.1) is 6.21 Å². The molecule has 5 nitrogen and oxygen atoms in total. The molecule has 0 heterocycles. The zero-order valence-corrected chi connectivity index (χ0v) is 8.96. The van der Waals surface area contributed by atoms with Crippen molar-refractivity contribution < 1.29 is 14.7 Å². The van der Waals surface area contributed by atoms with Gasteiger partial charge in [-0.15, -0.1) is 0 Å². The number of nitrogens with zero attached hydrogens (tertiary/aromatic N) is 1. The average Bonchev–Trinajstić information content (AvgIpc) is 2.28. The lowest BCUT2D eigenvalue weighted by atomic mass is 10.1. The normalized spacial score (nSPS) is 12.6. The summed E-state index contributed by atoms with van der Waals surface area (Å²) in [4.78, 5) is 15.1. The number of carbonyl (C=O) groups is 1. The lowest BCUT2D eigenvalue weighted by molar-refractivity contribution is -0.138. The van der Waals surface area contributed by atoms with Crippen LogP contribution in [0.2, 0.25) is 0 Å². The first kappa shape index (κ1) is 12.2. The molecule has 16 heavy (non-hydrogen) atoms. The number of oxime groups is 1. The number of carboxylic acid groups (broad SMARTS) is 1. The van der Waals surface area contributed by atoms with Crippen LogP contribution in [0, 0.1) is 0 Å². The van der Waals surface area contributed by atoms with Gasteiger partial charge in [0.15, 0.2) is 0 Å². The fourth-order valence-corrected chi connectivity index (χ4v) is 1.19. The van der Waals surface area contributed by atoms with Crippen molar-refractivity contribution in [1.29, 1.82) is 0 Å². The molecule has 86 valence electrons. The SMILES string of the molecule is CO/N=C/c1ccc(CC(N)C(=O)O)cc1. The fourth-order valence-electron chi connectivity index (χ4n) is 1.19. The van der Waals surface area contributed by atoms with E-state index >= 15 is 0 Å². The van der Waals surface area contributed by atoms with Crippen molar-refractivity contribution in [2.24, 2.45) is 10.9 Å². The fraction of sp³-hybridized carbons (Fsp3) is 0.273. The minimum Gasteiger partial charge on any atom is -0.480 e. The van der Waals surface area contributed by atoms with Crippen LogP contribution in [0.5, 0.6) is 0 Å². The lowest BCUT2D eigenvalue weighted by Crippen LogP contribution is -2.32. The zero-order chi connectivity index (χ0) is 12.0. The summed E-state index contributed by atoms with van der Waals surface area (Å²) in [6.45, 7) is 0. The highest BCUT2D eigenvalue weighted by molar-refractivity contribution is 5.79. The predicted molar refractivity (Wildman–Crippen MR) is 60.4 cm³/mol. The molecule has 1 aromatic carbocycles. The van der Waals surface area contributed by atoms with E-state index in [0.717, 1.165) is 11.1 Å². The molecule has 1 aromatic rings. The third kappa shape index (κ3) is 3.70. The molecule has 0 aliphatic carbocycles. The average molecular weight is 222 g/mol. The second-order valence-corrected chi connectivity index (χ2v) is 3.31. The van der Waals surface area contributed by atoms with Crippen molar-refractivity contribution >= 4 is 12.2 Å². The Morgan fingerprint density at radius 3 is 2.69 bits per heavy atom. The maximum Gasteiger partial charge on any atom is 0.320 e. The van der Waals surface area contributed by atoms with Crippen LogP contribution in [-0.2, 0) is 16.1 Å². The van der Waals surface area contributed by atoms with Crippen LogP contribution < -0.4 is 5.73 Å². The highest BCUT2D eigenvalue weighted by atomic mass is 16.6.